The lowest BCUT2D eigenvalue weighted by Gasteiger charge is -2.24. The number of alkyl halides is 3. The molecular weight excluding hydrogens is 345 g/mol. The van der Waals surface area contributed by atoms with Crippen LogP contribution in [0.15, 0.2) is 36.8 Å². The Balaban J connectivity index is 1.78. The van der Waals surface area contributed by atoms with E-state index in [9.17, 15) is 13.2 Å². The van der Waals surface area contributed by atoms with E-state index in [0.717, 1.165) is 32.1 Å². The van der Waals surface area contributed by atoms with Crippen molar-refractivity contribution in [1.82, 2.24) is 24.8 Å². The number of rotatable bonds is 3. The minimum Gasteiger partial charge on any atom is -0.350 e. The van der Waals surface area contributed by atoms with Crippen LogP contribution in [0.4, 0.5) is 19.1 Å². The fourth-order valence-corrected chi connectivity index (χ4v) is 3.11. The molecule has 0 saturated carbocycles. The Hall–Kier alpha value is -2.68. The minimum absolute atomic E-state index is 0.0906. The van der Waals surface area contributed by atoms with Gasteiger partial charge in [0.05, 0.1) is 11.0 Å². The Morgan fingerprint density at radius 3 is 2.81 bits per heavy atom. The molecule has 3 aromatic rings. The third-order valence-electron chi connectivity index (χ3n) is 4.39. The number of piperidine rings is 1. The number of para-hydroxylation sites is 2. The summed E-state index contributed by atoms with van der Waals surface area (Å²) in [6.07, 6.45) is -0.465. The van der Waals surface area contributed by atoms with Crippen LogP contribution in [0.1, 0.15) is 18.4 Å². The first-order chi connectivity index (χ1) is 12.5. The molecule has 1 aliphatic heterocycles. The van der Waals surface area contributed by atoms with Crippen LogP contribution in [0.3, 0.4) is 0 Å². The predicted molar refractivity (Wildman–Crippen MR) is 91.2 cm³/mol. The molecule has 2 N–H and O–H groups in total. The SMILES string of the molecule is FC(F)(F)c1cnc(NC2CCCNC2)nc1-n1cnc2ccccc21. The second kappa shape index (κ2) is 6.56. The number of halogens is 3. The van der Waals surface area contributed by atoms with E-state index in [-0.39, 0.29) is 17.8 Å². The summed E-state index contributed by atoms with van der Waals surface area (Å²) in [4.78, 5) is 12.2. The van der Waals surface area contributed by atoms with Crippen molar-refractivity contribution in [2.45, 2.75) is 25.1 Å². The largest absolute Gasteiger partial charge is 0.421 e. The van der Waals surface area contributed by atoms with E-state index in [2.05, 4.69) is 25.6 Å². The van der Waals surface area contributed by atoms with E-state index in [0.29, 0.717) is 11.0 Å². The first-order valence-electron chi connectivity index (χ1n) is 8.36. The zero-order chi connectivity index (χ0) is 18.1. The predicted octanol–water partition coefficient (Wildman–Crippen LogP) is 3.00. The van der Waals surface area contributed by atoms with Crippen LogP contribution in [0.25, 0.3) is 16.9 Å². The summed E-state index contributed by atoms with van der Waals surface area (Å²) >= 11 is 0. The molecule has 9 heteroatoms. The number of hydrogen-bond acceptors (Lipinski definition) is 5. The van der Waals surface area contributed by atoms with E-state index < -0.39 is 11.7 Å². The highest BCUT2D eigenvalue weighted by molar-refractivity contribution is 5.77. The molecule has 0 aliphatic carbocycles. The number of nitrogens with one attached hydrogen (secondary N) is 2. The Morgan fingerprint density at radius 2 is 2.04 bits per heavy atom. The lowest BCUT2D eigenvalue weighted by molar-refractivity contribution is -0.137. The molecule has 2 aromatic heterocycles. The number of benzene rings is 1. The van der Waals surface area contributed by atoms with Gasteiger partial charge in [-0.3, -0.25) is 4.57 Å². The average molecular weight is 362 g/mol. The van der Waals surface area contributed by atoms with Crippen LogP contribution in [0.2, 0.25) is 0 Å². The molecule has 0 amide bonds. The van der Waals surface area contributed by atoms with Crippen molar-refractivity contribution in [2.24, 2.45) is 0 Å². The molecular formula is C17H17F3N6. The number of imidazole rings is 1. The van der Waals surface area contributed by atoms with Crippen LogP contribution in [-0.2, 0) is 6.18 Å². The summed E-state index contributed by atoms with van der Waals surface area (Å²) in [5.41, 5.74) is 0.264. The maximum Gasteiger partial charge on any atom is 0.421 e. The van der Waals surface area contributed by atoms with Gasteiger partial charge in [0.25, 0.3) is 0 Å². The highest BCUT2D eigenvalue weighted by Crippen LogP contribution is 2.34. The Labute approximate surface area is 147 Å². The summed E-state index contributed by atoms with van der Waals surface area (Å²) in [6, 6.07) is 7.08. The number of hydrogen-bond donors (Lipinski definition) is 2. The maximum atomic E-state index is 13.5. The van der Waals surface area contributed by atoms with Gasteiger partial charge in [-0.1, -0.05) is 12.1 Å². The number of anilines is 1. The molecule has 1 atom stereocenters. The van der Waals surface area contributed by atoms with Crippen LogP contribution < -0.4 is 10.6 Å². The number of aromatic nitrogens is 4. The quantitative estimate of drug-likeness (QED) is 0.750. The van der Waals surface area contributed by atoms with Gasteiger partial charge < -0.3 is 10.6 Å². The van der Waals surface area contributed by atoms with E-state index in [4.69, 9.17) is 0 Å². The fourth-order valence-electron chi connectivity index (χ4n) is 3.11. The molecule has 3 heterocycles. The molecule has 1 aliphatic rings. The summed E-state index contributed by atoms with van der Waals surface area (Å²) in [5, 5.41) is 6.37. The van der Waals surface area contributed by atoms with Crippen molar-refractivity contribution in [3.05, 3.63) is 42.4 Å². The first-order valence-corrected chi connectivity index (χ1v) is 8.36. The zero-order valence-electron chi connectivity index (χ0n) is 13.8. The second-order valence-electron chi connectivity index (χ2n) is 6.22. The molecule has 1 saturated heterocycles. The van der Waals surface area contributed by atoms with Gasteiger partial charge in [-0.2, -0.15) is 18.2 Å². The van der Waals surface area contributed by atoms with Crippen molar-refractivity contribution in [1.29, 1.82) is 0 Å². The van der Waals surface area contributed by atoms with Gasteiger partial charge in [-0.05, 0) is 31.5 Å². The summed E-state index contributed by atoms with van der Waals surface area (Å²) in [7, 11) is 0. The van der Waals surface area contributed by atoms with Gasteiger partial charge in [0.1, 0.15) is 11.9 Å². The van der Waals surface area contributed by atoms with E-state index >= 15 is 0 Å². The summed E-state index contributed by atoms with van der Waals surface area (Å²) in [6.45, 7) is 1.67. The van der Waals surface area contributed by atoms with Crippen LogP contribution in [0.5, 0.6) is 0 Å². The minimum atomic E-state index is -4.56. The van der Waals surface area contributed by atoms with E-state index in [1.54, 1.807) is 24.3 Å². The monoisotopic (exact) mass is 362 g/mol. The highest BCUT2D eigenvalue weighted by atomic mass is 19.4. The first kappa shape index (κ1) is 16.8. The van der Waals surface area contributed by atoms with E-state index in [1.807, 2.05) is 0 Å². The van der Waals surface area contributed by atoms with Crippen molar-refractivity contribution in [3.8, 4) is 5.82 Å². The molecule has 136 valence electrons. The molecule has 6 nitrogen and oxygen atoms in total. The van der Waals surface area contributed by atoms with Crippen molar-refractivity contribution < 1.29 is 13.2 Å². The van der Waals surface area contributed by atoms with Gasteiger partial charge in [0.2, 0.25) is 5.95 Å². The lowest BCUT2D eigenvalue weighted by Crippen LogP contribution is -2.38. The third-order valence-corrected chi connectivity index (χ3v) is 4.39. The van der Waals surface area contributed by atoms with Crippen molar-refractivity contribution >= 4 is 17.0 Å². The molecule has 1 unspecified atom stereocenters. The third kappa shape index (κ3) is 3.22. The molecule has 1 fully saturated rings. The second-order valence-corrected chi connectivity index (χ2v) is 6.22. The smallest absolute Gasteiger partial charge is 0.350 e. The maximum absolute atomic E-state index is 13.5. The zero-order valence-corrected chi connectivity index (χ0v) is 13.8. The van der Waals surface area contributed by atoms with Gasteiger partial charge in [-0.25, -0.2) is 9.97 Å². The van der Waals surface area contributed by atoms with E-state index in [1.165, 1.54) is 10.9 Å². The molecule has 4 rings (SSSR count). The van der Waals surface area contributed by atoms with Gasteiger partial charge in [-0.15, -0.1) is 0 Å². The number of nitrogens with zero attached hydrogens (tertiary/aromatic N) is 4. The van der Waals surface area contributed by atoms with Gasteiger partial charge >= 0.3 is 6.18 Å². The average Bonchev–Trinajstić information content (AvgIpc) is 3.05. The van der Waals surface area contributed by atoms with Crippen molar-refractivity contribution in [2.75, 3.05) is 18.4 Å². The molecule has 1 aromatic carbocycles. The van der Waals surface area contributed by atoms with Crippen molar-refractivity contribution in [3.63, 3.8) is 0 Å². The fraction of sp³-hybridized carbons (Fsp3) is 0.353. The summed E-state index contributed by atoms with van der Waals surface area (Å²) in [5.74, 6) is -0.0491. The number of fused-ring (bicyclic) bond motifs is 1. The Morgan fingerprint density at radius 1 is 1.19 bits per heavy atom. The van der Waals surface area contributed by atoms with Crippen LogP contribution in [0, 0.1) is 0 Å². The normalized spacial score (nSPS) is 18.2. The Bertz CT molecular complexity index is 914. The van der Waals surface area contributed by atoms with Gasteiger partial charge in [0, 0.05) is 18.8 Å². The lowest BCUT2D eigenvalue weighted by atomic mass is 10.1. The molecule has 0 bridgehead atoms. The molecule has 26 heavy (non-hydrogen) atoms. The molecule has 0 spiro atoms. The topological polar surface area (TPSA) is 67.7 Å². The highest BCUT2D eigenvalue weighted by Gasteiger charge is 2.36. The molecule has 0 radical (unpaired) electrons. The van der Waals surface area contributed by atoms with Crippen LogP contribution >= 0.6 is 0 Å². The summed E-state index contributed by atoms with van der Waals surface area (Å²) < 4.78 is 41.8. The Kier molecular flexibility index (Phi) is 4.23. The van der Waals surface area contributed by atoms with Crippen LogP contribution in [-0.4, -0.2) is 38.7 Å². The standard InChI is InChI=1S/C17H17F3N6/c18-17(19,20)12-9-22-16(24-11-4-3-7-21-8-11)25-15(12)26-10-23-13-5-1-2-6-14(13)26/h1-2,5-6,9-11,21H,3-4,7-8H2,(H,22,24,25). The van der Waals surface area contributed by atoms with Gasteiger partial charge in [0.15, 0.2) is 5.82 Å².